The number of nitrogens with zero attached hydrogens (tertiary/aromatic N) is 1. The Morgan fingerprint density at radius 2 is 1.74 bits per heavy atom. The van der Waals surface area contributed by atoms with Crippen molar-refractivity contribution in [2.75, 3.05) is 7.05 Å². The second-order valence-electron chi connectivity index (χ2n) is 5.83. The van der Waals surface area contributed by atoms with Crippen molar-refractivity contribution in [1.82, 2.24) is 10.2 Å². The predicted molar refractivity (Wildman–Crippen MR) is 71.9 cm³/mol. The van der Waals surface area contributed by atoms with Gasteiger partial charge in [-0.1, -0.05) is 19.3 Å². The largest absolute Gasteiger partial charge is 0.481 e. The summed E-state index contributed by atoms with van der Waals surface area (Å²) in [4.78, 5) is 25.2. The Bertz CT molecular complexity index is 342. The maximum Gasteiger partial charge on any atom is 0.317 e. The summed E-state index contributed by atoms with van der Waals surface area (Å²) in [6.07, 6.45) is 7.78. The molecule has 2 aliphatic rings. The fraction of sp³-hybridized carbons (Fsp3) is 0.857. The molecule has 2 atom stereocenters. The quantitative estimate of drug-likeness (QED) is 0.771. The number of rotatable bonds is 3. The smallest absolute Gasteiger partial charge is 0.317 e. The lowest BCUT2D eigenvalue weighted by atomic mass is 9.92. The van der Waals surface area contributed by atoms with Crippen LogP contribution in [0.3, 0.4) is 0 Å². The number of carboxylic acid groups (broad SMARTS) is 1. The molecule has 2 rings (SSSR count). The number of hydrogen-bond donors (Lipinski definition) is 2. The van der Waals surface area contributed by atoms with E-state index in [1.165, 1.54) is 6.42 Å². The lowest BCUT2D eigenvalue weighted by Gasteiger charge is -2.36. The van der Waals surface area contributed by atoms with Gasteiger partial charge < -0.3 is 15.3 Å². The molecule has 0 aromatic heterocycles. The van der Waals surface area contributed by atoms with Crippen molar-refractivity contribution in [3.8, 4) is 0 Å². The molecular weight excluding hydrogens is 244 g/mol. The highest BCUT2D eigenvalue weighted by atomic mass is 16.4. The molecule has 2 aliphatic carbocycles. The van der Waals surface area contributed by atoms with E-state index in [4.69, 9.17) is 0 Å². The van der Waals surface area contributed by atoms with Gasteiger partial charge in [-0.15, -0.1) is 0 Å². The third-order valence-electron chi connectivity index (χ3n) is 4.58. The molecule has 0 saturated heterocycles. The number of urea groups is 1. The van der Waals surface area contributed by atoms with Crippen LogP contribution >= 0.6 is 0 Å². The summed E-state index contributed by atoms with van der Waals surface area (Å²) >= 11 is 0. The first-order valence-electron chi connectivity index (χ1n) is 7.35. The van der Waals surface area contributed by atoms with Crippen molar-refractivity contribution in [3.05, 3.63) is 0 Å². The summed E-state index contributed by atoms with van der Waals surface area (Å²) in [5.41, 5.74) is 0. The van der Waals surface area contributed by atoms with Gasteiger partial charge >= 0.3 is 12.0 Å². The molecule has 0 aliphatic heterocycles. The Hall–Kier alpha value is -1.26. The predicted octanol–water partition coefficient (Wildman–Crippen LogP) is 2.21. The van der Waals surface area contributed by atoms with Gasteiger partial charge in [-0.25, -0.2) is 4.79 Å². The lowest BCUT2D eigenvalue weighted by Crippen LogP contribution is -2.51. The zero-order chi connectivity index (χ0) is 13.8. The Morgan fingerprint density at radius 1 is 1.05 bits per heavy atom. The standard InChI is InChI=1S/C14H24N2O3/c1-16(10-6-5-7-10)14(19)15-12-9-4-2-3-8-11(12)13(17)18/h10-12H,2-9H2,1H3,(H,15,19)(H,17,18). The first-order valence-corrected chi connectivity index (χ1v) is 7.35. The van der Waals surface area contributed by atoms with Crippen LogP contribution in [0.2, 0.25) is 0 Å². The molecule has 0 aromatic rings. The third-order valence-corrected chi connectivity index (χ3v) is 4.58. The average Bonchev–Trinajstić information content (AvgIpc) is 2.52. The van der Waals surface area contributed by atoms with Crippen molar-refractivity contribution >= 4 is 12.0 Å². The molecule has 5 nitrogen and oxygen atoms in total. The van der Waals surface area contributed by atoms with Gasteiger partial charge in [-0.05, 0) is 32.1 Å². The van der Waals surface area contributed by atoms with Gasteiger partial charge in [0.25, 0.3) is 0 Å². The molecule has 0 heterocycles. The van der Waals surface area contributed by atoms with Crippen molar-refractivity contribution in [2.45, 2.75) is 63.5 Å². The van der Waals surface area contributed by atoms with Gasteiger partial charge in [0, 0.05) is 19.1 Å². The monoisotopic (exact) mass is 268 g/mol. The van der Waals surface area contributed by atoms with Crippen LogP contribution in [0.5, 0.6) is 0 Å². The van der Waals surface area contributed by atoms with Gasteiger partial charge in [0.2, 0.25) is 0 Å². The van der Waals surface area contributed by atoms with E-state index in [0.29, 0.717) is 12.5 Å². The van der Waals surface area contributed by atoms with Crippen LogP contribution in [-0.4, -0.2) is 41.1 Å². The molecule has 2 N–H and O–H groups in total. The van der Waals surface area contributed by atoms with E-state index in [1.54, 1.807) is 4.90 Å². The fourth-order valence-electron chi connectivity index (χ4n) is 2.98. The third kappa shape index (κ3) is 3.39. The van der Waals surface area contributed by atoms with E-state index in [0.717, 1.165) is 38.5 Å². The van der Waals surface area contributed by atoms with E-state index < -0.39 is 11.9 Å². The maximum atomic E-state index is 12.1. The van der Waals surface area contributed by atoms with Crippen LogP contribution in [0.1, 0.15) is 51.4 Å². The average molecular weight is 268 g/mol. The minimum atomic E-state index is -0.779. The van der Waals surface area contributed by atoms with E-state index >= 15 is 0 Å². The molecule has 0 bridgehead atoms. The summed E-state index contributed by atoms with van der Waals surface area (Å²) in [7, 11) is 1.81. The van der Waals surface area contributed by atoms with Crippen LogP contribution in [-0.2, 0) is 4.79 Å². The van der Waals surface area contributed by atoms with E-state index in [9.17, 15) is 14.7 Å². The summed E-state index contributed by atoms with van der Waals surface area (Å²) in [5.74, 6) is -1.21. The van der Waals surface area contributed by atoms with Gasteiger partial charge in [0.1, 0.15) is 0 Å². The minimum absolute atomic E-state index is 0.108. The Kier molecular flexibility index (Phi) is 4.66. The van der Waals surface area contributed by atoms with Crippen LogP contribution in [0.4, 0.5) is 4.79 Å². The summed E-state index contributed by atoms with van der Waals surface area (Å²) < 4.78 is 0. The molecule has 2 saturated carbocycles. The molecule has 0 aromatic carbocycles. The SMILES string of the molecule is CN(C(=O)NC1CCCCCC1C(=O)O)C1CCC1. The maximum absolute atomic E-state index is 12.1. The van der Waals surface area contributed by atoms with Crippen molar-refractivity contribution in [2.24, 2.45) is 5.92 Å². The fourth-order valence-corrected chi connectivity index (χ4v) is 2.98. The molecule has 5 heteroatoms. The minimum Gasteiger partial charge on any atom is -0.481 e. The zero-order valence-electron chi connectivity index (χ0n) is 11.6. The second kappa shape index (κ2) is 6.26. The second-order valence-corrected chi connectivity index (χ2v) is 5.83. The van der Waals surface area contributed by atoms with Gasteiger partial charge in [0.15, 0.2) is 0 Å². The summed E-state index contributed by atoms with van der Waals surface area (Å²) in [6, 6.07) is 0.0203. The topological polar surface area (TPSA) is 69.6 Å². The molecule has 19 heavy (non-hydrogen) atoms. The lowest BCUT2D eigenvalue weighted by molar-refractivity contribution is -0.142. The molecule has 2 amide bonds. The van der Waals surface area contributed by atoms with Gasteiger partial charge in [0.05, 0.1) is 5.92 Å². The van der Waals surface area contributed by atoms with Crippen LogP contribution < -0.4 is 5.32 Å². The number of aliphatic carboxylic acids is 1. The number of hydrogen-bond acceptors (Lipinski definition) is 2. The van der Waals surface area contributed by atoms with Crippen LogP contribution in [0.25, 0.3) is 0 Å². The molecule has 2 fully saturated rings. The number of carbonyl (C=O) groups is 2. The number of carbonyl (C=O) groups excluding carboxylic acids is 1. The van der Waals surface area contributed by atoms with Crippen molar-refractivity contribution in [1.29, 1.82) is 0 Å². The van der Waals surface area contributed by atoms with E-state index in [1.807, 2.05) is 7.05 Å². The molecule has 2 unspecified atom stereocenters. The Labute approximate surface area is 114 Å². The Morgan fingerprint density at radius 3 is 2.32 bits per heavy atom. The number of carboxylic acids is 1. The molecule has 0 spiro atoms. The first-order chi connectivity index (χ1) is 9.09. The molecule has 108 valence electrons. The highest BCUT2D eigenvalue weighted by molar-refractivity contribution is 5.77. The Balaban J connectivity index is 1.93. The van der Waals surface area contributed by atoms with Crippen molar-refractivity contribution < 1.29 is 14.7 Å². The summed E-state index contributed by atoms with van der Waals surface area (Å²) in [5, 5.41) is 12.2. The highest BCUT2D eigenvalue weighted by Gasteiger charge is 2.33. The van der Waals surface area contributed by atoms with Gasteiger partial charge in [-0.3, -0.25) is 4.79 Å². The van der Waals surface area contributed by atoms with Crippen molar-refractivity contribution in [3.63, 3.8) is 0 Å². The number of nitrogens with one attached hydrogen (secondary N) is 1. The summed E-state index contributed by atoms with van der Waals surface area (Å²) in [6.45, 7) is 0. The number of amides is 2. The normalized spacial score (nSPS) is 28.1. The zero-order valence-corrected chi connectivity index (χ0v) is 11.6. The van der Waals surface area contributed by atoms with E-state index in [2.05, 4.69) is 5.32 Å². The molecule has 0 radical (unpaired) electrons. The van der Waals surface area contributed by atoms with Crippen LogP contribution in [0.15, 0.2) is 0 Å². The highest BCUT2D eigenvalue weighted by Crippen LogP contribution is 2.26. The first kappa shape index (κ1) is 14.2. The van der Waals surface area contributed by atoms with Crippen LogP contribution in [0, 0.1) is 5.92 Å². The molecular formula is C14H24N2O3. The van der Waals surface area contributed by atoms with E-state index in [-0.39, 0.29) is 12.1 Å². The van der Waals surface area contributed by atoms with Gasteiger partial charge in [-0.2, -0.15) is 0 Å².